The van der Waals surface area contributed by atoms with Gasteiger partial charge in [-0.1, -0.05) is 6.07 Å². The number of rotatable bonds is 3. The van der Waals surface area contributed by atoms with Gasteiger partial charge in [-0.2, -0.15) is 5.10 Å². The van der Waals surface area contributed by atoms with Gasteiger partial charge in [-0.3, -0.25) is 9.48 Å². The number of fused-ring (bicyclic) bond motifs is 1. The highest BCUT2D eigenvalue weighted by Crippen LogP contribution is 2.14. The fraction of sp³-hybridized carbons (Fsp3) is 0.200. The molecule has 0 spiro atoms. The van der Waals surface area contributed by atoms with Crippen LogP contribution in [-0.4, -0.2) is 20.7 Å². The summed E-state index contributed by atoms with van der Waals surface area (Å²) < 4.78 is 1.60. The Morgan fingerprint density at radius 1 is 1.35 bits per heavy atom. The Morgan fingerprint density at radius 3 is 2.95 bits per heavy atom. The summed E-state index contributed by atoms with van der Waals surface area (Å²) in [5.41, 5.74) is 3.59. The van der Waals surface area contributed by atoms with Gasteiger partial charge in [0, 0.05) is 25.3 Å². The van der Waals surface area contributed by atoms with E-state index in [-0.39, 0.29) is 5.91 Å². The third-order valence-corrected chi connectivity index (χ3v) is 3.31. The Labute approximate surface area is 116 Å². The minimum atomic E-state index is -0.109. The van der Waals surface area contributed by atoms with Crippen molar-refractivity contribution in [2.24, 2.45) is 7.05 Å². The highest BCUT2D eigenvalue weighted by molar-refractivity contribution is 5.92. The van der Waals surface area contributed by atoms with Crippen molar-refractivity contribution in [1.82, 2.24) is 20.1 Å². The minimum absolute atomic E-state index is 0.109. The van der Waals surface area contributed by atoms with Gasteiger partial charge >= 0.3 is 0 Å². The second-order valence-corrected chi connectivity index (χ2v) is 4.88. The van der Waals surface area contributed by atoms with E-state index >= 15 is 0 Å². The van der Waals surface area contributed by atoms with Gasteiger partial charge in [0.2, 0.25) is 0 Å². The number of aryl methyl sites for hydroxylation is 2. The first kappa shape index (κ1) is 12.5. The summed E-state index contributed by atoms with van der Waals surface area (Å²) in [6, 6.07) is 9.90. The van der Waals surface area contributed by atoms with Gasteiger partial charge in [0.05, 0.1) is 5.69 Å². The molecular weight excluding hydrogens is 252 g/mol. The summed E-state index contributed by atoms with van der Waals surface area (Å²) in [5.74, 6) is -0.109. The molecule has 5 heteroatoms. The van der Waals surface area contributed by atoms with Crippen molar-refractivity contribution in [3.8, 4) is 0 Å². The van der Waals surface area contributed by atoms with Crippen molar-refractivity contribution in [1.29, 1.82) is 0 Å². The van der Waals surface area contributed by atoms with Crippen LogP contribution in [0.4, 0.5) is 0 Å². The number of H-pyrrole nitrogens is 1. The zero-order valence-electron chi connectivity index (χ0n) is 11.5. The fourth-order valence-electron chi connectivity index (χ4n) is 2.31. The van der Waals surface area contributed by atoms with E-state index in [2.05, 4.69) is 21.5 Å². The van der Waals surface area contributed by atoms with E-state index < -0.39 is 0 Å². The number of carbonyl (C=O) groups is 1. The quantitative estimate of drug-likeness (QED) is 0.764. The number of aromatic nitrogens is 3. The molecule has 1 aromatic carbocycles. The van der Waals surface area contributed by atoms with Crippen LogP contribution in [0.1, 0.15) is 21.7 Å². The molecule has 0 aliphatic heterocycles. The molecule has 0 aliphatic carbocycles. The smallest absolute Gasteiger partial charge is 0.269 e. The highest BCUT2D eigenvalue weighted by Gasteiger charge is 2.11. The molecule has 0 bridgehead atoms. The van der Waals surface area contributed by atoms with Crippen LogP contribution < -0.4 is 5.32 Å². The molecule has 0 unspecified atom stereocenters. The molecular formula is C15H16N4O. The topological polar surface area (TPSA) is 62.7 Å². The monoisotopic (exact) mass is 268 g/mol. The standard InChI is InChI=1S/C15H16N4O/c1-10-7-14(19(2)18-10)15(20)17-9-11-3-4-13-12(8-11)5-6-16-13/h3-8,16H,9H2,1-2H3,(H,17,20). The first-order chi connectivity index (χ1) is 9.63. The lowest BCUT2D eigenvalue weighted by atomic mass is 10.1. The first-order valence-corrected chi connectivity index (χ1v) is 6.48. The van der Waals surface area contributed by atoms with Gasteiger partial charge in [0.25, 0.3) is 5.91 Å². The number of nitrogens with one attached hydrogen (secondary N) is 2. The molecule has 0 aliphatic rings. The second kappa shape index (κ2) is 4.85. The molecule has 0 fully saturated rings. The largest absolute Gasteiger partial charge is 0.361 e. The van der Waals surface area contributed by atoms with Crippen LogP contribution in [0.2, 0.25) is 0 Å². The molecule has 5 nitrogen and oxygen atoms in total. The van der Waals surface area contributed by atoms with Crippen molar-refractivity contribution in [3.05, 3.63) is 53.5 Å². The lowest BCUT2D eigenvalue weighted by Crippen LogP contribution is -2.25. The van der Waals surface area contributed by atoms with Crippen LogP contribution in [0, 0.1) is 6.92 Å². The number of carbonyl (C=O) groups excluding carboxylic acids is 1. The van der Waals surface area contributed by atoms with Crippen LogP contribution in [0.15, 0.2) is 36.5 Å². The Bertz CT molecular complexity index is 769. The zero-order chi connectivity index (χ0) is 14.1. The van der Waals surface area contributed by atoms with E-state index in [4.69, 9.17) is 0 Å². The molecule has 0 saturated heterocycles. The molecule has 20 heavy (non-hydrogen) atoms. The summed E-state index contributed by atoms with van der Waals surface area (Å²) in [4.78, 5) is 15.2. The molecule has 0 saturated carbocycles. The van der Waals surface area contributed by atoms with Gasteiger partial charge in [-0.25, -0.2) is 0 Å². The Hall–Kier alpha value is -2.56. The predicted molar refractivity (Wildman–Crippen MR) is 77.4 cm³/mol. The average Bonchev–Trinajstić information content (AvgIpc) is 3.01. The van der Waals surface area contributed by atoms with E-state index in [1.54, 1.807) is 17.8 Å². The van der Waals surface area contributed by atoms with Crippen LogP contribution in [0.5, 0.6) is 0 Å². The van der Waals surface area contributed by atoms with Gasteiger partial charge in [-0.05, 0) is 42.1 Å². The summed E-state index contributed by atoms with van der Waals surface area (Å²) in [6.07, 6.45) is 1.91. The fourth-order valence-corrected chi connectivity index (χ4v) is 2.31. The maximum Gasteiger partial charge on any atom is 0.269 e. The first-order valence-electron chi connectivity index (χ1n) is 6.48. The lowest BCUT2D eigenvalue weighted by Gasteiger charge is -2.05. The molecule has 102 valence electrons. The molecule has 0 radical (unpaired) electrons. The number of hydrogen-bond acceptors (Lipinski definition) is 2. The van der Waals surface area contributed by atoms with Gasteiger partial charge in [0.15, 0.2) is 0 Å². The van der Waals surface area contributed by atoms with E-state index in [0.29, 0.717) is 12.2 Å². The number of aromatic amines is 1. The highest BCUT2D eigenvalue weighted by atomic mass is 16.2. The van der Waals surface area contributed by atoms with Gasteiger partial charge in [0.1, 0.15) is 5.69 Å². The Kier molecular flexibility index (Phi) is 3.02. The van der Waals surface area contributed by atoms with E-state index in [9.17, 15) is 4.79 Å². The number of nitrogens with zero attached hydrogens (tertiary/aromatic N) is 2. The summed E-state index contributed by atoms with van der Waals surface area (Å²) in [6.45, 7) is 2.38. The lowest BCUT2D eigenvalue weighted by molar-refractivity contribution is 0.0941. The third-order valence-electron chi connectivity index (χ3n) is 3.31. The molecule has 3 rings (SSSR count). The van der Waals surface area contributed by atoms with Crippen molar-refractivity contribution < 1.29 is 4.79 Å². The van der Waals surface area contributed by atoms with E-state index in [1.807, 2.05) is 31.3 Å². The normalized spacial score (nSPS) is 10.9. The molecule has 0 atom stereocenters. The van der Waals surface area contributed by atoms with Crippen LogP contribution in [-0.2, 0) is 13.6 Å². The van der Waals surface area contributed by atoms with E-state index in [0.717, 1.165) is 22.2 Å². The van der Waals surface area contributed by atoms with Gasteiger partial charge in [-0.15, -0.1) is 0 Å². The average molecular weight is 268 g/mol. The van der Waals surface area contributed by atoms with Crippen molar-refractivity contribution in [2.45, 2.75) is 13.5 Å². The molecule has 2 aromatic heterocycles. The van der Waals surface area contributed by atoms with E-state index in [1.165, 1.54) is 0 Å². The molecule has 2 N–H and O–H groups in total. The second-order valence-electron chi connectivity index (χ2n) is 4.88. The van der Waals surface area contributed by atoms with Crippen LogP contribution in [0.3, 0.4) is 0 Å². The maximum atomic E-state index is 12.1. The number of amides is 1. The zero-order valence-corrected chi connectivity index (χ0v) is 11.5. The summed E-state index contributed by atoms with van der Waals surface area (Å²) in [5, 5.41) is 8.24. The molecule has 3 aromatic rings. The van der Waals surface area contributed by atoms with Crippen LogP contribution >= 0.6 is 0 Å². The maximum absolute atomic E-state index is 12.1. The summed E-state index contributed by atoms with van der Waals surface area (Å²) >= 11 is 0. The third kappa shape index (κ3) is 2.30. The summed E-state index contributed by atoms with van der Waals surface area (Å²) in [7, 11) is 1.77. The molecule has 2 heterocycles. The molecule has 1 amide bonds. The van der Waals surface area contributed by atoms with Gasteiger partial charge < -0.3 is 10.3 Å². The number of hydrogen-bond donors (Lipinski definition) is 2. The SMILES string of the molecule is Cc1cc(C(=O)NCc2ccc3[nH]ccc3c2)n(C)n1. The Balaban J connectivity index is 1.72. The predicted octanol–water partition coefficient (Wildman–Crippen LogP) is 2.14. The van der Waals surface area contributed by atoms with Crippen molar-refractivity contribution in [3.63, 3.8) is 0 Å². The minimum Gasteiger partial charge on any atom is -0.361 e. The van der Waals surface area contributed by atoms with Crippen molar-refractivity contribution >= 4 is 16.8 Å². The van der Waals surface area contributed by atoms with Crippen molar-refractivity contribution in [2.75, 3.05) is 0 Å². The Morgan fingerprint density at radius 2 is 2.20 bits per heavy atom. The number of benzene rings is 1. The van der Waals surface area contributed by atoms with Crippen LogP contribution in [0.25, 0.3) is 10.9 Å².